The molecular weight excluding hydrogens is 253 g/mol. The van der Waals surface area contributed by atoms with Crippen LogP contribution in [0.5, 0.6) is 5.75 Å². The van der Waals surface area contributed by atoms with Crippen LogP contribution in [0.4, 0.5) is 0 Å². The minimum absolute atomic E-state index is 0.278. The molecule has 0 saturated heterocycles. The molecule has 0 bridgehead atoms. The number of ether oxygens (including phenoxy) is 1. The minimum atomic E-state index is -3.37. The summed E-state index contributed by atoms with van der Waals surface area (Å²) in [5, 5.41) is 0. The summed E-state index contributed by atoms with van der Waals surface area (Å²) in [5.74, 6) is -0.279. The lowest BCUT2D eigenvalue weighted by atomic mass is 10.2. The maximum atomic E-state index is 12.6. The summed E-state index contributed by atoms with van der Waals surface area (Å²) in [6, 6.07) is 7.15. The number of hydrogen-bond acceptors (Lipinski definition) is 5. The van der Waals surface area contributed by atoms with Crippen LogP contribution in [0.1, 0.15) is 25.2 Å². The quantitative estimate of drug-likeness (QED) is 0.773. The Hall–Kier alpha value is -0.870. The number of para-hydroxylation sites is 1. The lowest BCUT2D eigenvalue weighted by molar-refractivity contribution is 0.212. The normalized spacial score (nSPS) is 13.3. The molecule has 0 aliphatic carbocycles. The van der Waals surface area contributed by atoms with Crippen LogP contribution in [0.25, 0.3) is 0 Å². The van der Waals surface area contributed by atoms with Crippen molar-refractivity contribution in [3.8, 4) is 5.75 Å². The van der Waals surface area contributed by atoms with Gasteiger partial charge >= 0.3 is 7.60 Å². The Morgan fingerprint density at radius 1 is 1.22 bits per heavy atom. The molecule has 6 heteroatoms. The van der Waals surface area contributed by atoms with Crippen molar-refractivity contribution in [2.24, 2.45) is 5.73 Å². The zero-order valence-electron chi connectivity index (χ0n) is 11.0. The minimum Gasteiger partial charge on any atom is -0.496 e. The van der Waals surface area contributed by atoms with Crippen molar-refractivity contribution >= 4 is 7.60 Å². The van der Waals surface area contributed by atoms with E-state index in [9.17, 15) is 4.57 Å². The van der Waals surface area contributed by atoms with E-state index in [2.05, 4.69) is 0 Å². The Balaban J connectivity index is 3.09. The predicted octanol–water partition coefficient (Wildman–Crippen LogP) is 2.92. The van der Waals surface area contributed by atoms with E-state index < -0.39 is 13.4 Å². The van der Waals surface area contributed by atoms with Crippen molar-refractivity contribution in [3.63, 3.8) is 0 Å². The molecule has 0 amide bonds. The highest BCUT2D eigenvalue weighted by Crippen LogP contribution is 2.59. The van der Waals surface area contributed by atoms with Crippen molar-refractivity contribution in [2.45, 2.75) is 19.6 Å². The summed E-state index contributed by atoms with van der Waals surface area (Å²) in [7, 11) is -1.84. The summed E-state index contributed by atoms with van der Waals surface area (Å²) < 4.78 is 28.2. The Labute approximate surface area is 108 Å². The van der Waals surface area contributed by atoms with Gasteiger partial charge in [0.25, 0.3) is 0 Å². The topological polar surface area (TPSA) is 70.8 Å². The first-order chi connectivity index (χ1) is 8.59. The molecule has 1 atom stereocenters. The van der Waals surface area contributed by atoms with E-state index in [1.807, 2.05) is 6.07 Å². The molecule has 0 aliphatic heterocycles. The highest BCUT2D eigenvalue weighted by atomic mass is 31.2. The molecular formula is C12H20NO4P. The molecule has 1 aromatic carbocycles. The molecule has 0 saturated carbocycles. The van der Waals surface area contributed by atoms with Crippen LogP contribution < -0.4 is 10.5 Å². The van der Waals surface area contributed by atoms with Crippen molar-refractivity contribution in [3.05, 3.63) is 29.8 Å². The van der Waals surface area contributed by atoms with Gasteiger partial charge in [0.05, 0.1) is 20.3 Å². The molecule has 18 heavy (non-hydrogen) atoms. The molecule has 0 heterocycles. The lowest BCUT2D eigenvalue weighted by Gasteiger charge is -2.24. The van der Waals surface area contributed by atoms with Gasteiger partial charge in [-0.3, -0.25) is 4.57 Å². The average molecular weight is 273 g/mol. The Bertz CT molecular complexity index is 414. The molecule has 2 N–H and O–H groups in total. The molecule has 5 nitrogen and oxygen atoms in total. The van der Waals surface area contributed by atoms with Gasteiger partial charge in [0.2, 0.25) is 0 Å². The fourth-order valence-corrected chi connectivity index (χ4v) is 3.31. The number of rotatable bonds is 7. The largest absolute Gasteiger partial charge is 0.496 e. The van der Waals surface area contributed by atoms with E-state index in [-0.39, 0.29) is 13.2 Å². The molecule has 0 fully saturated rings. The highest BCUT2D eigenvalue weighted by molar-refractivity contribution is 7.54. The van der Waals surface area contributed by atoms with Gasteiger partial charge in [-0.2, -0.15) is 0 Å². The molecule has 102 valence electrons. The molecule has 0 aliphatic rings. The summed E-state index contributed by atoms with van der Waals surface area (Å²) in [6.45, 7) is 4.06. The summed E-state index contributed by atoms with van der Waals surface area (Å²) in [4.78, 5) is 0. The van der Waals surface area contributed by atoms with E-state index in [0.717, 1.165) is 0 Å². The van der Waals surface area contributed by atoms with Crippen LogP contribution in [0.2, 0.25) is 0 Å². The Kier molecular flexibility index (Phi) is 5.82. The highest BCUT2D eigenvalue weighted by Gasteiger charge is 2.35. The number of methoxy groups -OCH3 is 1. The SMILES string of the molecule is CCOP(=O)(OCC)[C@@H](N)c1ccccc1OC. The molecule has 0 radical (unpaired) electrons. The van der Waals surface area contributed by atoms with Crippen LogP contribution in [-0.4, -0.2) is 20.3 Å². The Morgan fingerprint density at radius 3 is 2.28 bits per heavy atom. The zero-order valence-corrected chi connectivity index (χ0v) is 11.9. The monoisotopic (exact) mass is 273 g/mol. The first-order valence-corrected chi connectivity index (χ1v) is 7.47. The van der Waals surface area contributed by atoms with E-state index in [1.165, 1.54) is 7.11 Å². The molecule has 1 aromatic rings. The van der Waals surface area contributed by atoms with E-state index in [0.29, 0.717) is 11.3 Å². The fourth-order valence-electron chi connectivity index (χ4n) is 1.64. The van der Waals surface area contributed by atoms with Gasteiger partial charge in [-0.25, -0.2) is 0 Å². The first-order valence-electron chi connectivity index (χ1n) is 5.86. The fraction of sp³-hybridized carbons (Fsp3) is 0.500. The van der Waals surface area contributed by atoms with Crippen molar-refractivity contribution in [1.29, 1.82) is 0 Å². The average Bonchev–Trinajstić information content (AvgIpc) is 2.38. The summed E-state index contributed by atoms with van der Waals surface area (Å²) >= 11 is 0. The van der Waals surface area contributed by atoms with Gasteiger partial charge in [-0.15, -0.1) is 0 Å². The van der Waals surface area contributed by atoms with Gasteiger partial charge in [-0.05, 0) is 19.9 Å². The van der Waals surface area contributed by atoms with Crippen LogP contribution in [-0.2, 0) is 13.6 Å². The van der Waals surface area contributed by atoms with Gasteiger partial charge in [0, 0.05) is 5.56 Å². The molecule has 0 aromatic heterocycles. The summed E-state index contributed by atoms with van der Waals surface area (Å²) in [5.41, 5.74) is 6.64. The van der Waals surface area contributed by atoms with E-state index in [1.54, 1.807) is 32.0 Å². The third-order valence-corrected chi connectivity index (χ3v) is 4.61. The van der Waals surface area contributed by atoms with Crippen LogP contribution in [0.15, 0.2) is 24.3 Å². The molecule has 1 rings (SSSR count). The van der Waals surface area contributed by atoms with Crippen molar-refractivity contribution < 1.29 is 18.3 Å². The lowest BCUT2D eigenvalue weighted by Crippen LogP contribution is -2.15. The third-order valence-electron chi connectivity index (χ3n) is 2.42. The van der Waals surface area contributed by atoms with Crippen LogP contribution >= 0.6 is 7.60 Å². The maximum absolute atomic E-state index is 12.6. The first kappa shape index (κ1) is 15.2. The van der Waals surface area contributed by atoms with Gasteiger partial charge in [0.1, 0.15) is 11.5 Å². The number of benzene rings is 1. The van der Waals surface area contributed by atoms with Gasteiger partial charge in [-0.1, -0.05) is 18.2 Å². The molecule has 0 unspecified atom stereocenters. The van der Waals surface area contributed by atoms with Gasteiger partial charge in [0.15, 0.2) is 0 Å². The van der Waals surface area contributed by atoms with Crippen LogP contribution in [0.3, 0.4) is 0 Å². The zero-order chi connectivity index (χ0) is 13.6. The smallest absolute Gasteiger partial charge is 0.351 e. The second kappa shape index (κ2) is 6.90. The number of hydrogen-bond donors (Lipinski definition) is 1. The second-order valence-electron chi connectivity index (χ2n) is 3.56. The molecule has 0 spiro atoms. The van der Waals surface area contributed by atoms with Crippen molar-refractivity contribution in [1.82, 2.24) is 0 Å². The van der Waals surface area contributed by atoms with Gasteiger partial charge < -0.3 is 19.5 Å². The van der Waals surface area contributed by atoms with Crippen molar-refractivity contribution in [2.75, 3.05) is 20.3 Å². The standard InChI is InChI=1S/C12H20NO4P/c1-4-16-18(14,17-5-2)12(13)10-8-6-7-9-11(10)15-3/h6-9,12H,4-5,13H2,1-3H3/t12-/m1/s1. The third kappa shape index (κ3) is 3.33. The van der Waals surface area contributed by atoms with E-state index in [4.69, 9.17) is 19.5 Å². The second-order valence-corrected chi connectivity index (χ2v) is 5.71. The van der Waals surface area contributed by atoms with E-state index >= 15 is 0 Å². The number of nitrogens with two attached hydrogens (primary N) is 1. The Morgan fingerprint density at radius 2 is 1.78 bits per heavy atom. The summed E-state index contributed by atoms with van der Waals surface area (Å²) in [6.07, 6.45) is 0. The predicted molar refractivity (Wildman–Crippen MR) is 70.8 cm³/mol. The van der Waals surface area contributed by atoms with Crippen LogP contribution in [0, 0.1) is 0 Å². The maximum Gasteiger partial charge on any atom is 0.351 e.